The van der Waals surface area contributed by atoms with Crippen LogP contribution in [0.25, 0.3) is 0 Å². The van der Waals surface area contributed by atoms with Crippen LogP contribution in [-0.2, 0) is 12.6 Å². The predicted octanol–water partition coefficient (Wildman–Crippen LogP) is 3.27. The highest BCUT2D eigenvalue weighted by atomic mass is 28.4. The van der Waals surface area contributed by atoms with Gasteiger partial charge in [0.1, 0.15) is 0 Å². The predicted molar refractivity (Wildman–Crippen MR) is 60.4 cm³/mol. The summed E-state index contributed by atoms with van der Waals surface area (Å²) in [5.74, 6) is 0. The molecule has 0 unspecified atom stereocenters. The third-order valence-electron chi connectivity index (χ3n) is 1.89. The molecule has 3 nitrogen and oxygen atoms in total. The number of hydrogen-bond donors (Lipinski definition) is 0. The molecule has 0 saturated heterocycles. The monoisotopic (exact) mass is 264 g/mol. The zero-order chi connectivity index (χ0) is 13.3. The lowest BCUT2D eigenvalue weighted by atomic mass is 10.2. The quantitative estimate of drug-likeness (QED) is 0.786. The van der Waals surface area contributed by atoms with E-state index in [4.69, 9.17) is 4.43 Å². The lowest BCUT2D eigenvalue weighted by Crippen LogP contribution is -2.30. The van der Waals surface area contributed by atoms with Crippen LogP contribution >= 0.6 is 0 Å². The molecule has 0 saturated carbocycles. The molecule has 0 aliphatic heterocycles. The van der Waals surface area contributed by atoms with Crippen LogP contribution < -0.4 is 4.43 Å². The standard InChI is InChI=1S/C10H15F3N2OSi/c1-5-7-6-14-9(16-17(2,3)4)15-8(7)10(11,12)13/h6H,5H2,1-4H3. The third-order valence-corrected chi connectivity index (χ3v) is 2.68. The van der Waals surface area contributed by atoms with E-state index in [1.54, 1.807) is 6.92 Å². The van der Waals surface area contributed by atoms with Gasteiger partial charge in [0.2, 0.25) is 8.32 Å². The first-order chi connectivity index (χ1) is 7.63. The number of aromatic nitrogens is 2. The summed E-state index contributed by atoms with van der Waals surface area (Å²) < 4.78 is 43.5. The zero-order valence-electron chi connectivity index (χ0n) is 10.2. The lowest BCUT2D eigenvalue weighted by molar-refractivity contribution is -0.142. The molecule has 0 amide bonds. The van der Waals surface area contributed by atoms with Crippen LogP contribution in [0.2, 0.25) is 19.6 Å². The first-order valence-corrected chi connectivity index (χ1v) is 8.66. The Morgan fingerprint density at radius 1 is 1.29 bits per heavy atom. The molecule has 1 aromatic rings. The number of nitrogens with zero attached hydrogens (tertiary/aromatic N) is 2. The number of halogens is 3. The molecule has 0 N–H and O–H groups in total. The van der Waals surface area contributed by atoms with Crippen molar-refractivity contribution in [3.05, 3.63) is 17.5 Å². The average molecular weight is 264 g/mol. The molecule has 7 heteroatoms. The van der Waals surface area contributed by atoms with E-state index >= 15 is 0 Å². The summed E-state index contributed by atoms with van der Waals surface area (Å²) in [5, 5.41) is 0. The zero-order valence-corrected chi connectivity index (χ0v) is 11.2. The second-order valence-corrected chi connectivity index (χ2v) is 9.02. The van der Waals surface area contributed by atoms with E-state index in [2.05, 4.69) is 9.97 Å². The topological polar surface area (TPSA) is 35.0 Å². The second-order valence-electron chi connectivity index (χ2n) is 4.59. The van der Waals surface area contributed by atoms with Gasteiger partial charge in [-0.25, -0.2) is 4.98 Å². The highest BCUT2D eigenvalue weighted by Crippen LogP contribution is 2.31. The fraction of sp³-hybridized carbons (Fsp3) is 0.600. The minimum absolute atomic E-state index is 0.0837. The average Bonchev–Trinajstić information content (AvgIpc) is 2.13. The number of hydrogen-bond acceptors (Lipinski definition) is 3. The molecule has 1 rings (SSSR count). The van der Waals surface area contributed by atoms with Crippen molar-refractivity contribution >= 4 is 8.32 Å². The van der Waals surface area contributed by atoms with Gasteiger partial charge in [-0.1, -0.05) is 6.92 Å². The Morgan fingerprint density at radius 3 is 2.29 bits per heavy atom. The highest BCUT2D eigenvalue weighted by Gasteiger charge is 2.36. The molecule has 0 atom stereocenters. The van der Waals surface area contributed by atoms with Gasteiger partial charge in [-0.15, -0.1) is 0 Å². The normalized spacial score (nSPS) is 12.6. The molecule has 0 spiro atoms. The van der Waals surface area contributed by atoms with Crippen molar-refractivity contribution in [3.8, 4) is 6.01 Å². The fourth-order valence-corrected chi connectivity index (χ4v) is 1.86. The molecule has 0 aliphatic carbocycles. The first-order valence-electron chi connectivity index (χ1n) is 5.25. The molecule has 0 fully saturated rings. The van der Waals surface area contributed by atoms with E-state index in [1.807, 2.05) is 19.6 Å². The minimum atomic E-state index is -4.47. The summed E-state index contributed by atoms with van der Waals surface area (Å²) in [7, 11) is -2.00. The van der Waals surface area contributed by atoms with E-state index in [1.165, 1.54) is 6.20 Å². The van der Waals surface area contributed by atoms with Crippen LogP contribution in [0.5, 0.6) is 6.01 Å². The number of rotatable bonds is 3. The largest absolute Gasteiger partial charge is 0.518 e. The van der Waals surface area contributed by atoms with Crippen molar-refractivity contribution in [1.29, 1.82) is 0 Å². The lowest BCUT2D eigenvalue weighted by Gasteiger charge is -2.18. The van der Waals surface area contributed by atoms with Gasteiger partial charge in [0.15, 0.2) is 5.69 Å². The summed E-state index contributed by atoms with van der Waals surface area (Å²) in [6, 6.07) is -0.186. The van der Waals surface area contributed by atoms with Gasteiger partial charge in [0.05, 0.1) is 0 Å². The molecule has 96 valence electrons. The molecule has 17 heavy (non-hydrogen) atoms. The maximum absolute atomic E-state index is 12.7. The molecular formula is C10H15F3N2OSi. The molecule has 1 aromatic heterocycles. The van der Waals surface area contributed by atoms with Crippen LogP contribution in [0, 0.1) is 0 Å². The first kappa shape index (κ1) is 13.9. The van der Waals surface area contributed by atoms with E-state index < -0.39 is 20.2 Å². The Kier molecular flexibility index (Phi) is 3.80. The van der Waals surface area contributed by atoms with Gasteiger partial charge < -0.3 is 4.43 Å². The minimum Gasteiger partial charge on any atom is -0.518 e. The van der Waals surface area contributed by atoms with Gasteiger partial charge in [-0.2, -0.15) is 18.2 Å². The smallest absolute Gasteiger partial charge is 0.433 e. The van der Waals surface area contributed by atoms with Gasteiger partial charge >= 0.3 is 12.2 Å². The van der Waals surface area contributed by atoms with Crippen molar-refractivity contribution in [2.75, 3.05) is 0 Å². The Morgan fingerprint density at radius 2 is 1.88 bits per heavy atom. The van der Waals surface area contributed by atoms with Crippen molar-refractivity contribution < 1.29 is 17.6 Å². The molecular weight excluding hydrogens is 249 g/mol. The van der Waals surface area contributed by atoms with Crippen molar-refractivity contribution in [1.82, 2.24) is 9.97 Å². The van der Waals surface area contributed by atoms with Crippen molar-refractivity contribution in [3.63, 3.8) is 0 Å². The SMILES string of the molecule is CCc1cnc(O[Si](C)(C)C)nc1C(F)(F)F. The number of aryl methyl sites for hydroxylation is 1. The highest BCUT2D eigenvalue weighted by molar-refractivity contribution is 6.70. The number of alkyl halides is 3. The summed E-state index contributed by atoms with van der Waals surface area (Å²) in [6.45, 7) is 7.21. The van der Waals surface area contributed by atoms with E-state index in [9.17, 15) is 13.2 Å². The van der Waals surface area contributed by atoms with Crippen LogP contribution in [-0.4, -0.2) is 18.3 Å². The fourth-order valence-electron chi connectivity index (χ4n) is 1.22. The summed E-state index contributed by atoms with van der Waals surface area (Å²) >= 11 is 0. The van der Waals surface area contributed by atoms with Gasteiger partial charge in [-0.05, 0) is 26.1 Å². The molecule has 0 bridgehead atoms. The van der Waals surface area contributed by atoms with Crippen molar-refractivity contribution in [2.45, 2.75) is 39.2 Å². The maximum Gasteiger partial charge on any atom is 0.433 e. The second kappa shape index (κ2) is 4.64. The van der Waals surface area contributed by atoms with Crippen LogP contribution in [0.1, 0.15) is 18.2 Å². The van der Waals surface area contributed by atoms with Crippen LogP contribution in [0.15, 0.2) is 6.20 Å². The van der Waals surface area contributed by atoms with E-state index in [0.29, 0.717) is 0 Å². The van der Waals surface area contributed by atoms with Gasteiger partial charge in [-0.3, -0.25) is 0 Å². The van der Waals surface area contributed by atoms with E-state index in [-0.39, 0.29) is 18.0 Å². The maximum atomic E-state index is 12.7. The Labute approximate surface area is 99.2 Å². The van der Waals surface area contributed by atoms with Crippen molar-refractivity contribution in [2.24, 2.45) is 0 Å². The van der Waals surface area contributed by atoms with Gasteiger partial charge in [0.25, 0.3) is 0 Å². The summed E-state index contributed by atoms with van der Waals surface area (Å²) in [5.41, 5.74) is -0.816. The Hall–Kier alpha value is -1.11. The Bertz CT molecular complexity index is 402. The molecule has 0 aromatic carbocycles. The molecule has 0 aliphatic rings. The molecule has 1 heterocycles. The van der Waals surface area contributed by atoms with Gasteiger partial charge in [0, 0.05) is 11.8 Å². The molecule has 0 radical (unpaired) electrons. The third kappa shape index (κ3) is 3.99. The van der Waals surface area contributed by atoms with Crippen LogP contribution in [0.3, 0.4) is 0 Å². The Balaban J connectivity index is 3.14. The van der Waals surface area contributed by atoms with Crippen LogP contribution in [0.4, 0.5) is 13.2 Å². The summed E-state index contributed by atoms with van der Waals surface area (Å²) in [6.07, 6.45) is -3.04. The summed E-state index contributed by atoms with van der Waals surface area (Å²) in [4.78, 5) is 7.29. The van der Waals surface area contributed by atoms with E-state index in [0.717, 1.165) is 0 Å².